The number of nitro groups is 1. The number of ketones is 1. The predicted octanol–water partition coefficient (Wildman–Crippen LogP) is 4.42. The minimum atomic E-state index is -0.786. The van der Waals surface area contributed by atoms with Crippen molar-refractivity contribution in [2.75, 3.05) is 7.11 Å². The van der Waals surface area contributed by atoms with E-state index in [1.54, 1.807) is 6.08 Å². The van der Waals surface area contributed by atoms with Gasteiger partial charge in [-0.15, -0.1) is 6.58 Å². The maximum atomic E-state index is 12.8. The molecule has 34 heavy (non-hydrogen) atoms. The Morgan fingerprint density at radius 2 is 2.06 bits per heavy atom. The molecule has 0 amide bonds. The molecule has 1 unspecified atom stereocenters. The summed E-state index contributed by atoms with van der Waals surface area (Å²) in [6.45, 7) is 8.33. The van der Waals surface area contributed by atoms with Crippen LogP contribution in [0.2, 0.25) is 0 Å². The van der Waals surface area contributed by atoms with Crippen molar-refractivity contribution in [2.45, 2.75) is 65.4 Å². The summed E-state index contributed by atoms with van der Waals surface area (Å²) in [5, 5.41) is 10.8. The Kier molecular flexibility index (Phi) is 9.77. The zero-order valence-corrected chi connectivity index (χ0v) is 20.2. The number of carbonyl (C=O) groups is 3. The van der Waals surface area contributed by atoms with Gasteiger partial charge in [0.2, 0.25) is 5.70 Å². The standard InChI is InChI=1S/C25H33NO8/c1-6-17(9-8-15(3)26(30)31)24(28)34-23(22(7-2)32-5)14-20-12-19-11-10-18(16(4)27)13-21(19)25(29)33-20/h6,8,13,17,19-21H,1,7,9-12,14H2,2-5H3/b15-8+,23-22-/t17-,19+,20+,21?/m0/s1. The molecule has 0 aromatic carbocycles. The summed E-state index contributed by atoms with van der Waals surface area (Å²) in [6, 6.07) is 0. The first-order chi connectivity index (χ1) is 16.1. The average molecular weight is 476 g/mol. The molecule has 4 atom stereocenters. The lowest BCUT2D eigenvalue weighted by molar-refractivity contribution is -0.424. The molecule has 0 bridgehead atoms. The van der Waals surface area contributed by atoms with Crippen LogP contribution in [0.1, 0.15) is 59.3 Å². The number of Topliss-reactive ketones (excluding diaryl/α,β-unsaturated/α-hetero) is 1. The van der Waals surface area contributed by atoms with Crippen LogP contribution in [-0.4, -0.2) is 35.9 Å². The molecule has 0 saturated carbocycles. The molecule has 2 rings (SSSR count). The van der Waals surface area contributed by atoms with Crippen LogP contribution in [0.3, 0.4) is 0 Å². The van der Waals surface area contributed by atoms with Crippen molar-refractivity contribution >= 4 is 17.7 Å². The minimum absolute atomic E-state index is 0.0294. The fourth-order valence-corrected chi connectivity index (χ4v) is 4.26. The highest BCUT2D eigenvalue weighted by atomic mass is 16.6. The number of fused-ring (bicyclic) bond motifs is 1. The van der Waals surface area contributed by atoms with Crippen molar-refractivity contribution in [2.24, 2.45) is 17.8 Å². The number of nitrogens with zero attached hydrogens (tertiary/aromatic N) is 1. The maximum Gasteiger partial charge on any atom is 0.318 e. The molecule has 1 aliphatic heterocycles. The SMILES string of the molecule is C=C[C@@H](C/C=C(\C)[N+](=O)[O-])C(=O)O/C(C[C@H]1C[C@H]2CCC(C(C)=O)=CC2C(=O)O1)=C(/CC)OC. The van der Waals surface area contributed by atoms with Gasteiger partial charge in [-0.1, -0.05) is 19.1 Å². The van der Waals surface area contributed by atoms with Crippen LogP contribution in [0.5, 0.6) is 0 Å². The molecule has 1 saturated heterocycles. The maximum absolute atomic E-state index is 12.8. The summed E-state index contributed by atoms with van der Waals surface area (Å²) in [5.74, 6) is -1.48. The Bertz CT molecular complexity index is 923. The van der Waals surface area contributed by atoms with Crippen LogP contribution in [0.4, 0.5) is 0 Å². The van der Waals surface area contributed by atoms with E-state index in [0.717, 1.165) is 0 Å². The van der Waals surface area contributed by atoms with E-state index in [2.05, 4.69) is 6.58 Å². The van der Waals surface area contributed by atoms with Crippen LogP contribution in [0.25, 0.3) is 0 Å². The van der Waals surface area contributed by atoms with Crippen molar-refractivity contribution in [3.8, 4) is 0 Å². The van der Waals surface area contributed by atoms with Gasteiger partial charge in [-0.05, 0) is 50.2 Å². The zero-order chi connectivity index (χ0) is 25.4. The van der Waals surface area contributed by atoms with Crippen LogP contribution in [-0.2, 0) is 28.6 Å². The number of allylic oxidation sites excluding steroid dienone is 4. The number of ether oxygens (including phenoxy) is 3. The van der Waals surface area contributed by atoms with Crippen molar-refractivity contribution in [3.05, 3.63) is 57.7 Å². The molecule has 186 valence electrons. The topological polar surface area (TPSA) is 122 Å². The van der Waals surface area contributed by atoms with Gasteiger partial charge in [-0.25, -0.2) is 0 Å². The van der Waals surface area contributed by atoms with E-state index in [-0.39, 0.29) is 42.0 Å². The van der Waals surface area contributed by atoms with E-state index >= 15 is 0 Å². The van der Waals surface area contributed by atoms with Gasteiger partial charge >= 0.3 is 11.9 Å². The highest BCUT2D eigenvalue weighted by Gasteiger charge is 2.40. The largest absolute Gasteiger partial charge is 0.498 e. The summed E-state index contributed by atoms with van der Waals surface area (Å²) in [6.07, 6.45) is 6.57. The molecular weight excluding hydrogens is 442 g/mol. The summed E-state index contributed by atoms with van der Waals surface area (Å²) in [4.78, 5) is 47.5. The van der Waals surface area contributed by atoms with Crippen LogP contribution in [0, 0.1) is 27.9 Å². The lowest BCUT2D eigenvalue weighted by Gasteiger charge is -2.37. The van der Waals surface area contributed by atoms with Gasteiger partial charge in [0, 0.05) is 19.8 Å². The molecule has 0 aromatic rings. The molecule has 0 spiro atoms. The third kappa shape index (κ3) is 6.88. The molecule has 1 fully saturated rings. The number of esters is 2. The summed E-state index contributed by atoms with van der Waals surface area (Å²) in [5.41, 5.74) is 0.593. The highest BCUT2D eigenvalue weighted by Crippen LogP contribution is 2.39. The first-order valence-corrected chi connectivity index (χ1v) is 11.4. The van der Waals surface area contributed by atoms with Crippen LogP contribution >= 0.6 is 0 Å². The fraction of sp³-hybridized carbons (Fsp3) is 0.560. The first-order valence-electron chi connectivity index (χ1n) is 11.4. The Morgan fingerprint density at radius 3 is 2.62 bits per heavy atom. The lowest BCUT2D eigenvalue weighted by atomic mass is 9.75. The van der Waals surface area contributed by atoms with Crippen molar-refractivity contribution < 1.29 is 33.5 Å². The smallest absolute Gasteiger partial charge is 0.318 e. The predicted molar refractivity (Wildman–Crippen MR) is 124 cm³/mol. The zero-order valence-electron chi connectivity index (χ0n) is 20.2. The van der Waals surface area contributed by atoms with Gasteiger partial charge in [0.05, 0.1) is 23.9 Å². The highest BCUT2D eigenvalue weighted by molar-refractivity contribution is 5.94. The molecule has 2 aliphatic rings. The third-order valence-corrected chi connectivity index (χ3v) is 6.30. The van der Waals surface area contributed by atoms with Gasteiger partial charge in [-0.3, -0.25) is 24.5 Å². The van der Waals surface area contributed by atoms with Gasteiger partial charge in [0.15, 0.2) is 5.78 Å². The van der Waals surface area contributed by atoms with Crippen molar-refractivity contribution in [1.29, 1.82) is 0 Å². The monoisotopic (exact) mass is 475 g/mol. The van der Waals surface area contributed by atoms with Gasteiger partial charge in [0.1, 0.15) is 17.6 Å². The second kappa shape index (κ2) is 12.3. The van der Waals surface area contributed by atoms with Gasteiger partial charge < -0.3 is 14.2 Å². The molecule has 1 aliphatic carbocycles. The lowest BCUT2D eigenvalue weighted by Crippen LogP contribution is -2.39. The van der Waals surface area contributed by atoms with Crippen molar-refractivity contribution in [1.82, 2.24) is 0 Å². The molecule has 1 heterocycles. The fourth-order valence-electron chi connectivity index (χ4n) is 4.26. The minimum Gasteiger partial charge on any atom is -0.498 e. The second-order valence-corrected chi connectivity index (χ2v) is 8.58. The molecule has 0 aromatic heterocycles. The molecule has 0 radical (unpaired) electrons. The van der Waals surface area contributed by atoms with E-state index in [4.69, 9.17) is 14.2 Å². The van der Waals surface area contributed by atoms with E-state index in [9.17, 15) is 24.5 Å². The quantitative estimate of drug-likeness (QED) is 0.141. The van der Waals surface area contributed by atoms with Gasteiger partial charge in [0.25, 0.3) is 0 Å². The molecule has 9 nitrogen and oxygen atoms in total. The average Bonchev–Trinajstić information content (AvgIpc) is 2.79. The summed E-state index contributed by atoms with van der Waals surface area (Å²) in [7, 11) is 1.47. The Morgan fingerprint density at radius 1 is 1.35 bits per heavy atom. The summed E-state index contributed by atoms with van der Waals surface area (Å²) < 4.78 is 16.7. The number of hydrogen-bond acceptors (Lipinski definition) is 8. The van der Waals surface area contributed by atoms with Crippen molar-refractivity contribution in [3.63, 3.8) is 0 Å². The Hall–Kier alpha value is -3.23. The Balaban J connectivity index is 2.15. The van der Waals surface area contributed by atoms with Crippen LogP contribution < -0.4 is 0 Å². The van der Waals surface area contributed by atoms with E-state index in [0.29, 0.717) is 37.0 Å². The third-order valence-electron chi connectivity index (χ3n) is 6.30. The Labute approximate surface area is 199 Å². The number of carbonyl (C=O) groups excluding carboxylic acids is 3. The number of hydrogen-bond donors (Lipinski definition) is 0. The first kappa shape index (κ1) is 27.0. The van der Waals surface area contributed by atoms with E-state index in [1.807, 2.05) is 6.92 Å². The van der Waals surface area contributed by atoms with Crippen LogP contribution in [0.15, 0.2) is 47.6 Å². The molecule has 0 N–H and O–H groups in total. The van der Waals surface area contributed by atoms with E-state index in [1.165, 1.54) is 33.1 Å². The molecule has 9 heteroatoms. The second-order valence-electron chi connectivity index (χ2n) is 8.58. The number of cyclic esters (lactones) is 1. The number of rotatable bonds is 11. The molecular formula is C25H33NO8. The number of methoxy groups -OCH3 is 1. The normalized spacial score (nSPS) is 24.0. The van der Waals surface area contributed by atoms with Gasteiger partial charge in [-0.2, -0.15) is 0 Å². The van der Waals surface area contributed by atoms with E-state index < -0.39 is 28.8 Å². The summed E-state index contributed by atoms with van der Waals surface area (Å²) >= 11 is 0.